The van der Waals surface area contributed by atoms with E-state index in [-0.39, 0.29) is 0 Å². The average molecular weight is 409 g/mol. The molecule has 0 saturated heterocycles. The summed E-state index contributed by atoms with van der Waals surface area (Å²) in [6.45, 7) is 0.528. The molecule has 2 heterocycles. The van der Waals surface area contributed by atoms with E-state index >= 15 is 0 Å². The molecule has 8 heteroatoms. The van der Waals surface area contributed by atoms with Gasteiger partial charge in [-0.3, -0.25) is 9.89 Å². The second-order valence-electron chi connectivity index (χ2n) is 7.24. The number of H-pyrrole nitrogens is 1. The molecule has 5 rings (SSSR count). The molecular weight excluding hydrogens is 390 g/mol. The second kappa shape index (κ2) is 7.42. The lowest BCUT2D eigenvalue weighted by molar-refractivity contribution is 0.100. The maximum absolute atomic E-state index is 11.8. The minimum atomic E-state index is -0.488. The molecule has 5 aromatic rings. The Bertz CT molecular complexity index is 1400. The fourth-order valence-electron chi connectivity index (χ4n) is 3.66. The third-order valence-electron chi connectivity index (χ3n) is 5.20. The number of hydrogen-bond acceptors (Lipinski definition) is 5. The predicted octanol–water partition coefficient (Wildman–Crippen LogP) is 3.22. The van der Waals surface area contributed by atoms with Crippen LogP contribution in [0.5, 0.6) is 0 Å². The first-order valence-corrected chi connectivity index (χ1v) is 9.72. The number of aromatic nitrogens is 5. The van der Waals surface area contributed by atoms with Crippen molar-refractivity contribution in [1.29, 1.82) is 0 Å². The first kappa shape index (κ1) is 18.6. The summed E-state index contributed by atoms with van der Waals surface area (Å²) in [5.41, 5.74) is 17.0. The lowest BCUT2D eigenvalue weighted by atomic mass is 10.0. The van der Waals surface area contributed by atoms with Crippen LogP contribution >= 0.6 is 0 Å². The zero-order valence-corrected chi connectivity index (χ0v) is 16.5. The number of nitrogens with one attached hydrogen (secondary N) is 1. The summed E-state index contributed by atoms with van der Waals surface area (Å²) in [6.07, 6.45) is 0. The van der Waals surface area contributed by atoms with Crippen LogP contribution in [0, 0.1) is 0 Å². The zero-order valence-electron chi connectivity index (χ0n) is 16.5. The van der Waals surface area contributed by atoms with Gasteiger partial charge in [0.15, 0.2) is 5.82 Å². The summed E-state index contributed by atoms with van der Waals surface area (Å²) in [5, 5.41) is 16.7. The number of nitrogen functional groups attached to an aromatic ring is 1. The van der Waals surface area contributed by atoms with E-state index < -0.39 is 5.91 Å². The van der Waals surface area contributed by atoms with Crippen molar-refractivity contribution in [2.24, 2.45) is 5.73 Å². The van der Waals surface area contributed by atoms with E-state index in [1.807, 2.05) is 59.3 Å². The maximum Gasteiger partial charge on any atom is 0.248 e. The number of primary amides is 1. The SMILES string of the molecule is NC(=O)c1cccc(-c2c(-c3ccc4[nH]nc(N)c4c3)nnn2Cc2ccccc2)c1. The van der Waals surface area contributed by atoms with Gasteiger partial charge in [-0.25, -0.2) is 4.68 Å². The number of aromatic amines is 1. The van der Waals surface area contributed by atoms with Crippen LogP contribution in [0.2, 0.25) is 0 Å². The quantitative estimate of drug-likeness (QED) is 0.410. The molecule has 0 atom stereocenters. The summed E-state index contributed by atoms with van der Waals surface area (Å²) in [4.78, 5) is 11.8. The summed E-state index contributed by atoms with van der Waals surface area (Å²) in [7, 11) is 0. The highest BCUT2D eigenvalue weighted by molar-refractivity contribution is 5.96. The molecule has 0 spiro atoms. The Morgan fingerprint density at radius 2 is 1.81 bits per heavy atom. The van der Waals surface area contributed by atoms with Gasteiger partial charge in [0.05, 0.1) is 17.8 Å². The number of rotatable bonds is 5. The Hall–Kier alpha value is -4.46. The Morgan fingerprint density at radius 1 is 0.968 bits per heavy atom. The molecule has 0 bridgehead atoms. The lowest BCUT2D eigenvalue weighted by Crippen LogP contribution is -2.11. The standard InChI is InChI=1S/C23H19N7O/c24-22-18-12-15(9-10-19(18)26-28-22)20-21(16-7-4-8-17(11-16)23(25)31)30(29-27-20)13-14-5-2-1-3-6-14/h1-12H,13H2,(H2,25,31)(H3,24,26,28). The number of hydrogen-bond donors (Lipinski definition) is 3. The fourth-order valence-corrected chi connectivity index (χ4v) is 3.66. The van der Waals surface area contributed by atoms with Gasteiger partial charge in [0.25, 0.3) is 0 Å². The van der Waals surface area contributed by atoms with Crippen molar-refractivity contribution >= 4 is 22.6 Å². The molecule has 0 saturated carbocycles. The molecule has 3 aromatic carbocycles. The molecule has 152 valence electrons. The maximum atomic E-state index is 11.8. The smallest absolute Gasteiger partial charge is 0.248 e. The lowest BCUT2D eigenvalue weighted by Gasteiger charge is -2.10. The van der Waals surface area contributed by atoms with Crippen LogP contribution in [-0.4, -0.2) is 31.1 Å². The van der Waals surface area contributed by atoms with Crippen LogP contribution in [0.25, 0.3) is 33.4 Å². The highest BCUT2D eigenvalue weighted by atomic mass is 16.1. The molecule has 0 fully saturated rings. The Labute approximate surface area is 177 Å². The topological polar surface area (TPSA) is 128 Å². The number of nitrogens with zero attached hydrogens (tertiary/aromatic N) is 4. The Kier molecular flexibility index (Phi) is 4.44. The van der Waals surface area contributed by atoms with Gasteiger partial charge >= 0.3 is 0 Å². The van der Waals surface area contributed by atoms with Crippen LogP contribution in [0.15, 0.2) is 72.8 Å². The van der Waals surface area contributed by atoms with E-state index in [0.717, 1.165) is 33.3 Å². The summed E-state index contributed by atoms with van der Waals surface area (Å²) < 4.78 is 1.83. The van der Waals surface area contributed by atoms with Gasteiger partial charge in [0.2, 0.25) is 5.91 Å². The van der Waals surface area contributed by atoms with E-state index in [0.29, 0.717) is 23.6 Å². The van der Waals surface area contributed by atoms with E-state index in [1.165, 1.54) is 0 Å². The first-order chi connectivity index (χ1) is 15.1. The second-order valence-corrected chi connectivity index (χ2v) is 7.24. The molecule has 0 aliphatic rings. The number of carbonyl (C=O) groups excluding carboxylic acids is 1. The zero-order chi connectivity index (χ0) is 21.4. The van der Waals surface area contributed by atoms with Crippen LogP contribution in [0.1, 0.15) is 15.9 Å². The van der Waals surface area contributed by atoms with Crippen molar-refractivity contribution in [3.8, 4) is 22.5 Å². The van der Waals surface area contributed by atoms with Gasteiger partial charge in [0.1, 0.15) is 5.69 Å². The van der Waals surface area contributed by atoms with Crippen molar-refractivity contribution in [2.45, 2.75) is 6.54 Å². The number of benzene rings is 3. The van der Waals surface area contributed by atoms with Crippen molar-refractivity contribution < 1.29 is 4.79 Å². The van der Waals surface area contributed by atoms with Crippen molar-refractivity contribution in [3.63, 3.8) is 0 Å². The summed E-state index contributed by atoms with van der Waals surface area (Å²) in [6, 6.07) is 23.0. The first-order valence-electron chi connectivity index (χ1n) is 9.72. The molecule has 0 radical (unpaired) electrons. The summed E-state index contributed by atoms with van der Waals surface area (Å²) in [5.74, 6) is -0.0659. The fraction of sp³-hybridized carbons (Fsp3) is 0.0435. The van der Waals surface area contributed by atoms with Gasteiger partial charge in [-0.05, 0) is 29.8 Å². The van der Waals surface area contributed by atoms with Crippen molar-refractivity contribution in [1.82, 2.24) is 25.2 Å². The van der Waals surface area contributed by atoms with Gasteiger partial charge in [-0.1, -0.05) is 53.7 Å². The number of amides is 1. The molecular formula is C23H19N7O. The molecule has 8 nitrogen and oxygen atoms in total. The van der Waals surface area contributed by atoms with E-state index in [9.17, 15) is 4.79 Å². The van der Waals surface area contributed by atoms with E-state index in [4.69, 9.17) is 11.5 Å². The van der Waals surface area contributed by atoms with Crippen LogP contribution in [0.3, 0.4) is 0 Å². The predicted molar refractivity (Wildman–Crippen MR) is 119 cm³/mol. The van der Waals surface area contributed by atoms with Gasteiger partial charge in [-0.15, -0.1) is 5.10 Å². The number of nitrogens with two attached hydrogens (primary N) is 2. The number of anilines is 1. The Morgan fingerprint density at radius 3 is 2.61 bits per heavy atom. The molecule has 2 aromatic heterocycles. The highest BCUT2D eigenvalue weighted by Gasteiger charge is 2.19. The minimum Gasteiger partial charge on any atom is -0.382 e. The van der Waals surface area contributed by atoms with Crippen LogP contribution in [0.4, 0.5) is 5.82 Å². The molecule has 0 aliphatic carbocycles. The molecule has 1 amide bonds. The minimum absolute atomic E-state index is 0.422. The normalized spacial score (nSPS) is 11.1. The average Bonchev–Trinajstić information content (AvgIpc) is 3.38. The highest BCUT2D eigenvalue weighted by Crippen LogP contribution is 2.33. The monoisotopic (exact) mass is 409 g/mol. The van der Waals surface area contributed by atoms with Gasteiger partial charge < -0.3 is 11.5 Å². The number of carbonyl (C=O) groups is 1. The van der Waals surface area contributed by atoms with Crippen LogP contribution < -0.4 is 11.5 Å². The van der Waals surface area contributed by atoms with Crippen molar-refractivity contribution in [2.75, 3.05) is 5.73 Å². The van der Waals surface area contributed by atoms with Gasteiger partial charge in [0, 0.05) is 22.1 Å². The van der Waals surface area contributed by atoms with E-state index in [1.54, 1.807) is 18.2 Å². The van der Waals surface area contributed by atoms with E-state index in [2.05, 4.69) is 20.5 Å². The summed E-state index contributed by atoms with van der Waals surface area (Å²) >= 11 is 0. The molecule has 5 N–H and O–H groups in total. The largest absolute Gasteiger partial charge is 0.382 e. The molecule has 0 aliphatic heterocycles. The van der Waals surface area contributed by atoms with Crippen LogP contribution in [-0.2, 0) is 6.54 Å². The molecule has 31 heavy (non-hydrogen) atoms. The third kappa shape index (κ3) is 3.40. The van der Waals surface area contributed by atoms with Gasteiger partial charge in [-0.2, -0.15) is 5.10 Å². The molecule has 0 unspecified atom stereocenters. The third-order valence-corrected chi connectivity index (χ3v) is 5.20. The Balaban J connectivity index is 1.70. The number of fused-ring (bicyclic) bond motifs is 1. The van der Waals surface area contributed by atoms with Crippen molar-refractivity contribution in [3.05, 3.63) is 83.9 Å².